The van der Waals surface area contributed by atoms with Crippen molar-refractivity contribution in [1.82, 2.24) is 15.0 Å². The number of benzene rings is 3. The average molecular weight is 753 g/mol. The number of fused-ring (bicyclic) bond motifs is 1. The van der Waals surface area contributed by atoms with Crippen molar-refractivity contribution < 1.29 is 111 Å². The number of anilines is 2. The Morgan fingerprint density at radius 1 is 1.02 bits per heavy atom. The summed E-state index contributed by atoms with van der Waals surface area (Å²) in [4.78, 5) is 11.4. The zero-order chi connectivity index (χ0) is 31.9. The van der Waals surface area contributed by atoms with Crippen LogP contribution in [0.4, 0.5) is 23.0 Å². The van der Waals surface area contributed by atoms with Crippen molar-refractivity contribution >= 4 is 89.9 Å². The number of nitrogens with one attached hydrogen (secondary N) is 1. The minimum absolute atomic E-state index is 0. The summed E-state index contributed by atoms with van der Waals surface area (Å²) in [6, 6.07) is 9.87. The quantitative estimate of drug-likeness (QED) is 0.0432. The van der Waals surface area contributed by atoms with Gasteiger partial charge in [-0.2, -0.15) is 19.3 Å². The molecule has 1 unspecified atom stereocenters. The molecule has 1 atom stereocenters. The van der Waals surface area contributed by atoms with E-state index in [9.17, 15) is 28.2 Å². The van der Waals surface area contributed by atoms with Crippen molar-refractivity contribution in [2.75, 3.05) is 23.9 Å². The van der Waals surface area contributed by atoms with Crippen LogP contribution in [0.1, 0.15) is 0 Å². The van der Waals surface area contributed by atoms with Crippen LogP contribution in [-0.2, 0) is 39.7 Å². The Bertz CT molecular complexity index is 1830. The van der Waals surface area contributed by atoms with E-state index >= 15 is 0 Å². The second-order valence-electron chi connectivity index (χ2n) is 8.05. The number of phenolic OH excluding ortho intramolecular Hbond substituents is 1. The Balaban J connectivity index is 0.00000368. The zero-order valence-electron chi connectivity index (χ0n) is 23.7. The number of methoxy groups -OCH3 is 1. The largest absolute Gasteiger partial charge is 1.00 e. The molecule has 234 valence electrons. The zero-order valence-corrected chi connectivity index (χ0v) is 31.7. The summed E-state index contributed by atoms with van der Waals surface area (Å²) in [5.74, 6) is -1.42. The van der Waals surface area contributed by atoms with E-state index in [0.29, 0.717) is 28.5 Å². The Hall–Kier alpha value is -1.28. The summed E-state index contributed by atoms with van der Waals surface area (Å²) in [6.45, 7) is 0. The Morgan fingerprint density at radius 2 is 1.74 bits per heavy atom. The number of halogens is 2. The molecule has 1 heterocycles. The fourth-order valence-electron chi connectivity index (χ4n) is 3.56. The molecule has 0 aliphatic heterocycles. The number of sulfone groups is 1. The van der Waals surface area contributed by atoms with Gasteiger partial charge in [-0.05, 0) is 71.1 Å². The average Bonchev–Trinajstić information content (AvgIpc) is 2.98. The normalized spacial score (nSPS) is 12.0. The molecule has 0 spiro atoms. The number of azo groups is 1. The van der Waals surface area contributed by atoms with E-state index < -0.39 is 32.4 Å². The first-order chi connectivity index (χ1) is 21.0. The standard InChI is InChI=1S/C22H18Cl2N6O11S3.2Na/c1-37-16-5-3-13(44(35,36)7-6-43(34)41-39-33)10-15(16)29-30-18-17(42-40-38-32)9-11-8-12(2-4-14(11)19(18)31)25-22-27-20(23)26-21(24)28-22;;/h2-5,8-10,31-33H,6-7H2,1H3,(H,25,26,27,28);;/q;2*+1/p-2. The van der Waals surface area contributed by atoms with Crippen molar-refractivity contribution in [2.45, 2.75) is 9.79 Å². The first kappa shape index (κ1) is 40.9. The van der Waals surface area contributed by atoms with Crippen LogP contribution in [0.2, 0.25) is 10.6 Å². The van der Waals surface area contributed by atoms with E-state index in [2.05, 4.69) is 49.2 Å². The molecule has 3 aromatic carbocycles. The smallest absolute Gasteiger partial charge is 0.691 e. The molecule has 1 aromatic heterocycles. The van der Waals surface area contributed by atoms with E-state index in [1.54, 1.807) is 12.1 Å². The van der Waals surface area contributed by atoms with Crippen molar-refractivity contribution in [3.63, 3.8) is 0 Å². The number of hydrogen-bond acceptors (Lipinski definition) is 18. The van der Waals surface area contributed by atoms with Gasteiger partial charge in [0.15, 0.2) is 26.7 Å². The van der Waals surface area contributed by atoms with Crippen molar-refractivity contribution in [2.24, 2.45) is 10.2 Å². The second kappa shape index (κ2) is 19.0. The fourth-order valence-corrected chi connectivity index (χ4v) is 6.77. The minimum atomic E-state index is -4.04. The van der Waals surface area contributed by atoms with Gasteiger partial charge in [0.05, 0.1) is 40.4 Å². The summed E-state index contributed by atoms with van der Waals surface area (Å²) in [6.07, 6.45) is 0. The molecule has 2 N–H and O–H groups in total. The van der Waals surface area contributed by atoms with E-state index in [4.69, 9.17) is 27.9 Å². The maximum atomic E-state index is 12.8. The molecule has 0 fully saturated rings. The van der Waals surface area contributed by atoms with E-state index in [-0.39, 0.29) is 108 Å². The van der Waals surface area contributed by atoms with Gasteiger partial charge in [-0.25, -0.2) is 12.6 Å². The first-order valence-electron chi connectivity index (χ1n) is 11.5. The Labute approximate surface area is 321 Å². The fraction of sp³-hybridized carbons (Fsp3) is 0.136. The molecule has 4 aromatic rings. The summed E-state index contributed by atoms with van der Waals surface area (Å²) < 4.78 is 50.5. The molecule has 0 radical (unpaired) electrons. The van der Waals surface area contributed by atoms with Gasteiger partial charge in [0, 0.05) is 11.1 Å². The molecule has 17 nitrogen and oxygen atoms in total. The number of phenols is 1. The van der Waals surface area contributed by atoms with Gasteiger partial charge in [-0.1, -0.05) is 0 Å². The number of ether oxygens (including phenoxy) is 1. The van der Waals surface area contributed by atoms with Gasteiger partial charge in [-0.15, -0.1) is 14.6 Å². The molecule has 0 saturated carbocycles. The van der Waals surface area contributed by atoms with E-state index in [1.165, 1.54) is 31.4 Å². The first-order valence-corrected chi connectivity index (χ1v) is 15.9. The van der Waals surface area contributed by atoms with Gasteiger partial charge in [0.2, 0.25) is 16.5 Å². The van der Waals surface area contributed by atoms with Gasteiger partial charge < -0.3 is 25.7 Å². The number of aromatic nitrogens is 3. The van der Waals surface area contributed by atoms with Crippen LogP contribution < -0.4 is 79.7 Å². The third kappa shape index (κ3) is 10.9. The van der Waals surface area contributed by atoms with Crippen LogP contribution in [0.3, 0.4) is 0 Å². The van der Waals surface area contributed by atoms with Crippen LogP contribution in [0.25, 0.3) is 10.8 Å². The third-order valence-electron chi connectivity index (χ3n) is 5.43. The molecule has 0 aliphatic rings. The molecular formula is C22H16Cl2N6Na2O11S3. The van der Waals surface area contributed by atoms with Crippen molar-refractivity contribution in [3.05, 3.63) is 53.0 Å². The predicted molar refractivity (Wildman–Crippen MR) is 151 cm³/mol. The van der Waals surface area contributed by atoms with Crippen molar-refractivity contribution in [1.29, 1.82) is 0 Å². The number of aromatic hydroxyl groups is 1. The van der Waals surface area contributed by atoms with Gasteiger partial charge in [0.25, 0.3) is 0 Å². The maximum Gasteiger partial charge on any atom is 1.00 e. The molecule has 24 heteroatoms. The Kier molecular flexibility index (Phi) is 16.9. The summed E-state index contributed by atoms with van der Waals surface area (Å²) in [5.41, 5.74) is 0.219. The predicted octanol–water partition coefficient (Wildman–Crippen LogP) is -2.90. The molecule has 0 aliphatic carbocycles. The number of hydrogen-bond donors (Lipinski definition) is 2. The summed E-state index contributed by atoms with van der Waals surface area (Å²) in [7, 11) is -2.73. The van der Waals surface area contributed by atoms with Gasteiger partial charge >= 0.3 is 59.1 Å². The molecule has 4 rings (SSSR count). The number of nitrogens with zero attached hydrogens (tertiary/aromatic N) is 5. The third-order valence-corrected chi connectivity index (χ3v) is 9.10. The van der Waals surface area contributed by atoms with E-state index in [0.717, 1.165) is 6.07 Å². The van der Waals surface area contributed by atoms with Gasteiger partial charge in [-0.3, -0.25) is 10.1 Å². The maximum absolute atomic E-state index is 12.8. The van der Waals surface area contributed by atoms with Gasteiger partial charge in [0.1, 0.15) is 17.1 Å². The van der Waals surface area contributed by atoms with Crippen LogP contribution in [-0.4, -0.2) is 51.3 Å². The van der Waals surface area contributed by atoms with Crippen LogP contribution >= 0.6 is 35.2 Å². The number of rotatable bonds is 14. The molecular weight excluding hydrogens is 737 g/mol. The van der Waals surface area contributed by atoms with Crippen LogP contribution in [0.15, 0.2) is 62.5 Å². The van der Waals surface area contributed by atoms with Crippen LogP contribution in [0.5, 0.6) is 11.5 Å². The molecule has 0 saturated heterocycles. The second-order valence-corrected chi connectivity index (χ2v) is 12.7. The molecule has 0 bridgehead atoms. The minimum Gasteiger partial charge on any atom is -0.691 e. The summed E-state index contributed by atoms with van der Waals surface area (Å²) >= 11 is 9.76. The topological polar surface area (TPSA) is 239 Å². The monoisotopic (exact) mass is 752 g/mol. The van der Waals surface area contributed by atoms with Crippen LogP contribution in [0, 0.1) is 0 Å². The molecule has 0 amide bonds. The van der Waals surface area contributed by atoms with E-state index in [1.807, 2.05) is 0 Å². The SMILES string of the molecule is COc1ccc(S(=O)(=O)CCS(=O)OO[O-])cc1N=Nc1c(SOO[O-])cc2cc(Nc3nc(Cl)nc(Cl)n3)ccc2c1O.[Na+].[Na+]. The Morgan fingerprint density at radius 3 is 2.39 bits per heavy atom. The van der Waals surface area contributed by atoms with Crippen molar-refractivity contribution in [3.8, 4) is 11.5 Å². The summed E-state index contributed by atoms with van der Waals surface area (Å²) in [5, 5.41) is 49.6. The molecule has 46 heavy (non-hydrogen) atoms.